The minimum Gasteiger partial charge on any atom is -0.369 e. The Morgan fingerprint density at radius 3 is 2.52 bits per heavy atom. The zero-order valence-electron chi connectivity index (χ0n) is 16.7. The summed E-state index contributed by atoms with van der Waals surface area (Å²) in [5.74, 6) is 2.54. The van der Waals surface area contributed by atoms with Crippen LogP contribution < -0.4 is 10.2 Å². The van der Waals surface area contributed by atoms with Crippen LogP contribution in [-0.2, 0) is 5.41 Å². The predicted octanol–water partition coefficient (Wildman–Crippen LogP) is 2.98. The Kier molecular flexibility index (Phi) is 4.25. The van der Waals surface area contributed by atoms with Crippen molar-refractivity contribution in [2.75, 3.05) is 29.9 Å². The van der Waals surface area contributed by atoms with E-state index in [1.54, 1.807) is 0 Å². The first-order valence-electron chi connectivity index (χ1n) is 9.46. The molecule has 3 aromatic heterocycles. The molecular formula is C20H27N7. The molecule has 0 aliphatic carbocycles. The van der Waals surface area contributed by atoms with Crippen molar-refractivity contribution in [3.63, 3.8) is 0 Å². The van der Waals surface area contributed by atoms with E-state index in [1.165, 1.54) is 0 Å². The normalized spacial score (nSPS) is 15.2. The van der Waals surface area contributed by atoms with E-state index in [0.29, 0.717) is 5.92 Å². The van der Waals surface area contributed by atoms with Crippen LogP contribution >= 0.6 is 0 Å². The number of aryl methyl sites for hydroxylation is 2. The van der Waals surface area contributed by atoms with Crippen LogP contribution in [0.25, 0.3) is 5.65 Å². The predicted molar refractivity (Wildman–Crippen MR) is 107 cm³/mol. The second-order valence-electron chi connectivity index (χ2n) is 8.52. The lowest BCUT2D eigenvalue weighted by atomic mass is 9.92. The first-order valence-corrected chi connectivity index (χ1v) is 9.46. The number of hydrogen-bond donors (Lipinski definition) is 1. The highest BCUT2D eigenvalue weighted by Gasteiger charge is 2.28. The molecule has 0 saturated carbocycles. The quantitative estimate of drug-likeness (QED) is 0.766. The van der Waals surface area contributed by atoms with E-state index in [2.05, 4.69) is 63.4 Å². The first-order chi connectivity index (χ1) is 12.8. The molecule has 4 heterocycles. The van der Waals surface area contributed by atoms with Crippen molar-refractivity contribution >= 4 is 17.3 Å². The Morgan fingerprint density at radius 2 is 1.85 bits per heavy atom. The maximum absolute atomic E-state index is 4.53. The van der Waals surface area contributed by atoms with Crippen LogP contribution in [0.2, 0.25) is 0 Å². The highest BCUT2D eigenvalue weighted by molar-refractivity contribution is 5.50. The average molecular weight is 365 g/mol. The number of aromatic nitrogens is 5. The van der Waals surface area contributed by atoms with Gasteiger partial charge in [-0.2, -0.15) is 14.7 Å². The molecule has 4 rings (SSSR count). The molecule has 1 aliphatic heterocycles. The van der Waals surface area contributed by atoms with Crippen LogP contribution in [0.3, 0.4) is 0 Å². The van der Waals surface area contributed by atoms with Crippen molar-refractivity contribution in [2.45, 2.75) is 40.0 Å². The van der Waals surface area contributed by atoms with Gasteiger partial charge in [-0.25, -0.2) is 4.98 Å². The van der Waals surface area contributed by atoms with Gasteiger partial charge in [-0.05, 0) is 26.0 Å². The molecule has 1 fully saturated rings. The van der Waals surface area contributed by atoms with Crippen LogP contribution in [-0.4, -0.2) is 44.4 Å². The second kappa shape index (κ2) is 6.48. The summed E-state index contributed by atoms with van der Waals surface area (Å²) >= 11 is 0. The second-order valence-corrected chi connectivity index (χ2v) is 8.52. The number of nitrogens with zero attached hydrogens (tertiary/aromatic N) is 6. The number of nitrogens with one attached hydrogen (secondary N) is 1. The van der Waals surface area contributed by atoms with Crippen molar-refractivity contribution in [3.05, 3.63) is 41.3 Å². The molecule has 1 aliphatic rings. The smallest absolute Gasteiger partial charge is 0.157 e. The fourth-order valence-corrected chi connectivity index (χ4v) is 3.37. The van der Waals surface area contributed by atoms with Crippen molar-refractivity contribution in [1.82, 2.24) is 24.8 Å². The zero-order valence-corrected chi connectivity index (χ0v) is 16.7. The SMILES string of the molecule is Cc1cc(NCC2CN(c3ccc(C(C)(C)C)nn3)C2)n2nc(C)cc2n1. The average Bonchev–Trinajstić information content (AvgIpc) is 2.93. The monoisotopic (exact) mass is 365 g/mol. The number of hydrogen-bond acceptors (Lipinski definition) is 6. The summed E-state index contributed by atoms with van der Waals surface area (Å²) in [7, 11) is 0. The first kappa shape index (κ1) is 17.7. The van der Waals surface area contributed by atoms with Crippen molar-refractivity contribution < 1.29 is 0 Å². The van der Waals surface area contributed by atoms with Gasteiger partial charge in [0.25, 0.3) is 0 Å². The third-order valence-electron chi connectivity index (χ3n) is 4.95. The molecule has 7 heteroatoms. The van der Waals surface area contributed by atoms with Crippen molar-refractivity contribution in [1.29, 1.82) is 0 Å². The third kappa shape index (κ3) is 3.59. The van der Waals surface area contributed by atoms with Crippen LogP contribution in [0, 0.1) is 19.8 Å². The van der Waals surface area contributed by atoms with Crippen LogP contribution in [0.15, 0.2) is 24.3 Å². The molecule has 1 saturated heterocycles. The van der Waals surface area contributed by atoms with Gasteiger partial charge in [-0.1, -0.05) is 20.8 Å². The van der Waals surface area contributed by atoms with E-state index in [4.69, 9.17) is 0 Å². The van der Waals surface area contributed by atoms with Crippen LogP contribution in [0.4, 0.5) is 11.6 Å². The van der Waals surface area contributed by atoms with E-state index in [9.17, 15) is 0 Å². The van der Waals surface area contributed by atoms with E-state index < -0.39 is 0 Å². The summed E-state index contributed by atoms with van der Waals surface area (Å²) in [5.41, 5.74) is 3.92. The standard InChI is InChI=1S/C20H27N7/c1-13-8-18(27-19(22-13)9-14(2)25-27)21-10-15-11-26(12-15)17-7-6-16(23-24-17)20(3,4)5/h6-9,15,21H,10-12H2,1-5H3. The Labute approximate surface area is 159 Å². The number of rotatable bonds is 4. The highest BCUT2D eigenvalue weighted by atomic mass is 15.3. The topological polar surface area (TPSA) is 71.2 Å². The largest absolute Gasteiger partial charge is 0.369 e. The zero-order chi connectivity index (χ0) is 19.2. The number of anilines is 2. The summed E-state index contributed by atoms with van der Waals surface area (Å²) in [5, 5.41) is 16.9. The van der Waals surface area contributed by atoms with Gasteiger partial charge in [-0.3, -0.25) is 0 Å². The van der Waals surface area contributed by atoms with Gasteiger partial charge >= 0.3 is 0 Å². The van der Waals surface area contributed by atoms with Gasteiger partial charge in [0.05, 0.1) is 11.4 Å². The van der Waals surface area contributed by atoms with E-state index in [1.807, 2.05) is 30.5 Å². The fourth-order valence-electron chi connectivity index (χ4n) is 3.37. The van der Waals surface area contributed by atoms with Gasteiger partial charge in [0, 0.05) is 48.8 Å². The maximum Gasteiger partial charge on any atom is 0.157 e. The molecule has 142 valence electrons. The van der Waals surface area contributed by atoms with Crippen molar-refractivity contribution in [3.8, 4) is 0 Å². The lowest BCUT2D eigenvalue weighted by Gasteiger charge is -2.40. The van der Waals surface area contributed by atoms with Gasteiger partial charge in [0.1, 0.15) is 5.82 Å². The highest BCUT2D eigenvalue weighted by Crippen LogP contribution is 2.25. The molecule has 0 atom stereocenters. The Morgan fingerprint density at radius 1 is 1.07 bits per heavy atom. The summed E-state index contributed by atoms with van der Waals surface area (Å²) in [4.78, 5) is 6.81. The molecule has 7 nitrogen and oxygen atoms in total. The number of fused-ring (bicyclic) bond motifs is 1. The van der Waals surface area contributed by atoms with E-state index >= 15 is 0 Å². The lowest BCUT2D eigenvalue weighted by molar-refractivity contribution is 0.424. The Bertz CT molecular complexity index is 947. The molecule has 0 spiro atoms. The lowest BCUT2D eigenvalue weighted by Crippen LogP contribution is -2.50. The molecular weight excluding hydrogens is 338 g/mol. The van der Waals surface area contributed by atoms with Crippen LogP contribution in [0.1, 0.15) is 37.9 Å². The molecule has 0 amide bonds. The molecule has 0 aromatic carbocycles. The van der Waals surface area contributed by atoms with E-state index in [0.717, 1.165) is 54.0 Å². The van der Waals surface area contributed by atoms with Gasteiger partial charge < -0.3 is 10.2 Å². The molecule has 27 heavy (non-hydrogen) atoms. The Balaban J connectivity index is 1.36. The van der Waals surface area contributed by atoms with Crippen LogP contribution in [0.5, 0.6) is 0 Å². The van der Waals surface area contributed by atoms with Gasteiger partial charge in [0.2, 0.25) is 0 Å². The van der Waals surface area contributed by atoms with Gasteiger partial charge in [0.15, 0.2) is 11.5 Å². The minimum atomic E-state index is 0.0335. The molecule has 3 aromatic rings. The minimum absolute atomic E-state index is 0.0335. The summed E-state index contributed by atoms with van der Waals surface area (Å²) in [6, 6.07) is 8.22. The fraction of sp³-hybridized carbons (Fsp3) is 0.500. The van der Waals surface area contributed by atoms with E-state index in [-0.39, 0.29) is 5.41 Å². The third-order valence-corrected chi connectivity index (χ3v) is 4.95. The Hall–Kier alpha value is -2.70. The summed E-state index contributed by atoms with van der Waals surface area (Å²) in [6.07, 6.45) is 0. The molecule has 0 bridgehead atoms. The van der Waals surface area contributed by atoms with Crippen molar-refractivity contribution in [2.24, 2.45) is 5.92 Å². The summed E-state index contributed by atoms with van der Waals surface area (Å²) in [6.45, 7) is 13.3. The van der Waals surface area contributed by atoms with Gasteiger partial charge in [-0.15, -0.1) is 5.10 Å². The summed E-state index contributed by atoms with van der Waals surface area (Å²) < 4.78 is 1.88. The molecule has 0 radical (unpaired) electrons. The molecule has 0 unspecified atom stereocenters. The maximum atomic E-state index is 4.53. The molecule has 1 N–H and O–H groups in total.